The Morgan fingerprint density at radius 3 is 2.38 bits per heavy atom. The number of hydrogen-bond donors (Lipinski definition) is 1. The fourth-order valence-corrected chi connectivity index (χ4v) is 2.69. The first-order valence-corrected chi connectivity index (χ1v) is 8.82. The van der Waals surface area contributed by atoms with E-state index in [1.54, 1.807) is 19.2 Å². The Morgan fingerprint density at radius 2 is 1.75 bits per heavy atom. The Bertz CT molecular complexity index is 689. The molecule has 0 saturated heterocycles. The molecule has 1 amide bonds. The Labute approximate surface area is 152 Å². The van der Waals surface area contributed by atoms with Crippen molar-refractivity contribution in [1.82, 2.24) is 0 Å². The number of methoxy groups -OCH3 is 1. The molecule has 0 heterocycles. The Kier molecular flexibility index (Phi) is 7.14. The Morgan fingerprint density at radius 1 is 1.08 bits per heavy atom. The van der Waals surface area contributed by atoms with Crippen LogP contribution >= 0.6 is 27.7 Å². The Hall–Kier alpha value is -1.99. The first-order valence-electron chi connectivity index (χ1n) is 7.05. The largest absolute Gasteiger partial charge is 0.497 e. The van der Waals surface area contributed by atoms with Crippen molar-refractivity contribution >= 4 is 45.3 Å². The summed E-state index contributed by atoms with van der Waals surface area (Å²) < 4.78 is 10.9. The van der Waals surface area contributed by atoms with Crippen molar-refractivity contribution in [2.24, 2.45) is 0 Å². The van der Waals surface area contributed by atoms with Crippen LogP contribution in [0.25, 0.3) is 0 Å². The summed E-state index contributed by atoms with van der Waals surface area (Å²) in [6.45, 7) is -0.307. The van der Waals surface area contributed by atoms with Crippen LogP contribution in [0.15, 0.2) is 57.9 Å². The molecule has 0 aliphatic carbocycles. The van der Waals surface area contributed by atoms with Gasteiger partial charge in [0.15, 0.2) is 6.61 Å². The van der Waals surface area contributed by atoms with Crippen LogP contribution in [0, 0.1) is 0 Å². The second kappa shape index (κ2) is 9.34. The number of halogens is 1. The molecular formula is C17H16BrNO4S. The number of rotatable bonds is 7. The third-order valence-electron chi connectivity index (χ3n) is 2.91. The lowest BCUT2D eigenvalue weighted by Crippen LogP contribution is -2.21. The van der Waals surface area contributed by atoms with E-state index >= 15 is 0 Å². The van der Waals surface area contributed by atoms with Gasteiger partial charge in [-0.15, -0.1) is 11.8 Å². The van der Waals surface area contributed by atoms with Crippen LogP contribution in [-0.2, 0) is 14.3 Å². The van der Waals surface area contributed by atoms with Gasteiger partial charge in [0.1, 0.15) is 5.75 Å². The van der Waals surface area contributed by atoms with Gasteiger partial charge in [0.05, 0.1) is 12.9 Å². The van der Waals surface area contributed by atoms with E-state index in [4.69, 9.17) is 9.47 Å². The van der Waals surface area contributed by atoms with E-state index in [0.717, 1.165) is 15.1 Å². The van der Waals surface area contributed by atoms with Crippen molar-refractivity contribution in [3.63, 3.8) is 0 Å². The minimum atomic E-state index is -0.443. The monoisotopic (exact) mass is 409 g/mol. The number of ether oxygens (including phenoxy) is 2. The molecule has 0 aliphatic heterocycles. The standard InChI is InChI=1S/C17H16BrNO4S/c1-22-14-6-8-15(9-7-14)24-11-17(21)23-10-16(20)19-13-4-2-12(18)3-5-13/h2-9H,10-11H2,1H3,(H,19,20). The summed E-state index contributed by atoms with van der Waals surface area (Å²) in [5.74, 6) is 0.0752. The maximum Gasteiger partial charge on any atom is 0.316 e. The van der Waals surface area contributed by atoms with Crippen LogP contribution < -0.4 is 10.1 Å². The minimum Gasteiger partial charge on any atom is -0.497 e. The lowest BCUT2D eigenvalue weighted by atomic mass is 10.3. The highest BCUT2D eigenvalue weighted by Crippen LogP contribution is 2.21. The quantitative estimate of drug-likeness (QED) is 0.557. The van der Waals surface area contributed by atoms with Gasteiger partial charge in [-0.1, -0.05) is 15.9 Å². The number of amides is 1. The summed E-state index contributed by atoms with van der Waals surface area (Å²) in [5, 5.41) is 2.65. The van der Waals surface area contributed by atoms with Gasteiger partial charge < -0.3 is 14.8 Å². The summed E-state index contributed by atoms with van der Waals surface area (Å²) in [6.07, 6.45) is 0. The van der Waals surface area contributed by atoms with E-state index in [0.29, 0.717) is 5.69 Å². The van der Waals surface area contributed by atoms with Gasteiger partial charge in [-0.2, -0.15) is 0 Å². The zero-order valence-corrected chi connectivity index (χ0v) is 15.4. The van der Waals surface area contributed by atoms with Crippen LogP contribution in [0.1, 0.15) is 0 Å². The van der Waals surface area contributed by atoms with Crippen LogP contribution in [0.2, 0.25) is 0 Å². The number of anilines is 1. The molecular weight excluding hydrogens is 394 g/mol. The molecule has 0 saturated carbocycles. The van der Waals surface area contributed by atoms with E-state index in [-0.39, 0.29) is 18.3 Å². The number of carbonyl (C=O) groups is 2. The molecule has 0 unspecified atom stereocenters. The van der Waals surface area contributed by atoms with Crippen LogP contribution in [-0.4, -0.2) is 31.3 Å². The van der Waals surface area contributed by atoms with Gasteiger partial charge in [0.2, 0.25) is 0 Å². The summed E-state index contributed by atoms with van der Waals surface area (Å²) in [7, 11) is 1.60. The molecule has 1 N–H and O–H groups in total. The van der Waals surface area contributed by atoms with Gasteiger partial charge in [-0.05, 0) is 48.5 Å². The lowest BCUT2D eigenvalue weighted by Gasteiger charge is -2.07. The second-order valence-corrected chi connectivity index (χ2v) is 6.64. The maximum atomic E-state index is 11.7. The second-order valence-electron chi connectivity index (χ2n) is 4.68. The summed E-state index contributed by atoms with van der Waals surface area (Å²) in [4.78, 5) is 24.3. The van der Waals surface area contributed by atoms with E-state index in [2.05, 4.69) is 21.2 Å². The predicted octanol–water partition coefficient (Wildman–Crippen LogP) is 3.73. The Balaban J connectivity index is 1.70. The van der Waals surface area contributed by atoms with Crippen LogP contribution in [0.4, 0.5) is 5.69 Å². The van der Waals surface area contributed by atoms with Gasteiger partial charge in [-0.25, -0.2) is 0 Å². The summed E-state index contributed by atoms with van der Waals surface area (Å²) in [6, 6.07) is 14.5. The molecule has 0 aromatic heterocycles. The van der Waals surface area contributed by atoms with E-state index < -0.39 is 5.97 Å². The van der Waals surface area contributed by atoms with Crippen molar-refractivity contribution in [3.8, 4) is 5.75 Å². The highest BCUT2D eigenvalue weighted by molar-refractivity contribution is 9.10. The molecule has 2 aromatic carbocycles. The predicted molar refractivity (Wildman–Crippen MR) is 97.4 cm³/mol. The zero-order chi connectivity index (χ0) is 17.4. The van der Waals surface area contributed by atoms with Crippen molar-refractivity contribution in [2.75, 3.05) is 24.8 Å². The highest BCUT2D eigenvalue weighted by atomic mass is 79.9. The minimum absolute atomic E-state index is 0.137. The third kappa shape index (κ3) is 6.25. The van der Waals surface area contributed by atoms with Crippen LogP contribution in [0.3, 0.4) is 0 Å². The number of nitrogens with one attached hydrogen (secondary N) is 1. The smallest absolute Gasteiger partial charge is 0.316 e. The molecule has 0 bridgehead atoms. The van der Waals surface area contributed by atoms with Gasteiger partial charge in [0.25, 0.3) is 5.91 Å². The number of benzene rings is 2. The molecule has 24 heavy (non-hydrogen) atoms. The lowest BCUT2D eigenvalue weighted by molar-refractivity contribution is -0.144. The normalized spacial score (nSPS) is 10.1. The summed E-state index contributed by atoms with van der Waals surface area (Å²) >= 11 is 4.65. The SMILES string of the molecule is COc1ccc(SCC(=O)OCC(=O)Nc2ccc(Br)cc2)cc1. The first-order chi connectivity index (χ1) is 11.6. The van der Waals surface area contributed by atoms with E-state index in [1.807, 2.05) is 36.4 Å². The molecule has 0 fully saturated rings. The van der Waals surface area contributed by atoms with Gasteiger partial charge in [0, 0.05) is 15.1 Å². The highest BCUT2D eigenvalue weighted by Gasteiger charge is 2.09. The maximum absolute atomic E-state index is 11.7. The molecule has 0 spiro atoms. The molecule has 5 nitrogen and oxygen atoms in total. The summed E-state index contributed by atoms with van der Waals surface area (Å²) in [5.41, 5.74) is 0.645. The van der Waals surface area contributed by atoms with Gasteiger partial charge in [-0.3, -0.25) is 9.59 Å². The molecule has 2 rings (SSSR count). The number of hydrogen-bond acceptors (Lipinski definition) is 5. The van der Waals surface area contributed by atoms with E-state index in [9.17, 15) is 9.59 Å². The topological polar surface area (TPSA) is 64.6 Å². The molecule has 0 aliphatic rings. The van der Waals surface area contributed by atoms with Crippen molar-refractivity contribution in [2.45, 2.75) is 4.90 Å². The number of esters is 1. The van der Waals surface area contributed by atoms with Crippen molar-refractivity contribution in [1.29, 1.82) is 0 Å². The zero-order valence-electron chi connectivity index (χ0n) is 13.0. The van der Waals surface area contributed by atoms with Crippen molar-refractivity contribution < 1.29 is 19.1 Å². The van der Waals surface area contributed by atoms with Crippen LogP contribution in [0.5, 0.6) is 5.75 Å². The van der Waals surface area contributed by atoms with E-state index in [1.165, 1.54) is 11.8 Å². The molecule has 0 radical (unpaired) electrons. The van der Waals surface area contributed by atoms with Gasteiger partial charge >= 0.3 is 5.97 Å². The number of thioether (sulfide) groups is 1. The van der Waals surface area contributed by atoms with Crippen molar-refractivity contribution in [3.05, 3.63) is 53.0 Å². The average molecular weight is 410 g/mol. The first kappa shape index (κ1) is 18.4. The molecule has 126 valence electrons. The molecule has 2 aromatic rings. The third-order valence-corrected chi connectivity index (χ3v) is 4.42. The fraction of sp³-hybridized carbons (Fsp3) is 0.176. The fourth-order valence-electron chi connectivity index (χ4n) is 1.73. The average Bonchev–Trinajstić information content (AvgIpc) is 2.60. The molecule has 7 heteroatoms. The number of carbonyl (C=O) groups excluding carboxylic acids is 2. The molecule has 0 atom stereocenters.